The monoisotopic (exact) mass is 236 g/mol. The van der Waals surface area contributed by atoms with Gasteiger partial charge in [-0.1, -0.05) is 31.9 Å². The van der Waals surface area contributed by atoms with E-state index in [1.807, 2.05) is 18.2 Å². The molecule has 1 heterocycles. The molecule has 0 spiro atoms. The topological polar surface area (TPSA) is 17.8 Å². The molecule has 2 aromatic rings. The van der Waals surface area contributed by atoms with Crippen molar-refractivity contribution in [1.29, 1.82) is 0 Å². The molecule has 0 aliphatic carbocycles. The fourth-order valence-electron chi connectivity index (χ4n) is 1.84. The summed E-state index contributed by atoms with van der Waals surface area (Å²) in [6, 6.07) is 5.90. The second-order valence-corrected chi connectivity index (χ2v) is 4.88. The third-order valence-corrected chi connectivity index (χ3v) is 3.38. The van der Waals surface area contributed by atoms with E-state index in [0.29, 0.717) is 5.92 Å². The van der Waals surface area contributed by atoms with Crippen LogP contribution in [0.3, 0.4) is 0 Å². The highest BCUT2D eigenvalue weighted by Gasteiger charge is 2.09. The Morgan fingerprint density at radius 3 is 2.88 bits per heavy atom. The fraction of sp³-hybridized carbons (Fsp3) is 0.462. The Morgan fingerprint density at radius 1 is 1.44 bits per heavy atom. The molecule has 1 aromatic carbocycles. The number of aryl methyl sites for hydroxylation is 1. The van der Waals surface area contributed by atoms with Gasteiger partial charge in [0.25, 0.3) is 0 Å². The molecule has 0 saturated carbocycles. The first-order chi connectivity index (χ1) is 7.61. The zero-order valence-corrected chi connectivity index (χ0v) is 10.8. The van der Waals surface area contributed by atoms with Gasteiger partial charge < -0.3 is 0 Å². The van der Waals surface area contributed by atoms with Gasteiger partial charge in [0.15, 0.2) is 0 Å². The molecule has 1 unspecified atom stereocenters. The molecule has 3 heteroatoms. The summed E-state index contributed by atoms with van der Waals surface area (Å²) in [5, 5.41) is 6.55. The van der Waals surface area contributed by atoms with Crippen molar-refractivity contribution in [3.63, 3.8) is 0 Å². The van der Waals surface area contributed by atoms with Gasteiger partial charge in [-0.05, 0) is 31.0 Å². The van der Waals surface area contributed by atoms with Crippen molar-refractivity contribution in [2.75, 3.05) is 0 Å². The molecule has 86 valence electrons. The van der Waals surface area contributed by atoms with E-state index in [1.165, 1.54) is 17.5 Å². The van der Waals surface area contributed by atoms with Gasteiger partial charge in [-0.3, -0.25) is 4.68 Å². The van der Waals surface area contributed by atoms with Crippen LogP contribution in [-0.4, -0.2) is 9.78 Å². The van der Waals surface area contributed by atoms with Crippen LogP contribution in [0.1, 0.15) is 26.0 Å². The average Bonchev–Trinajstić information content (AvgIpc) is 2.55. The van der Waals surface area contributed by atoms with Crippen LogP contribution in [0.5, 0.6) is 0 Å². The number of rotatable bonds is 3. The molecule has 2 rings (SSSR count). The van der Waals surface area contributed by atoms with Crippen molar-refractivity contribution in [2.24, 2.45) is 5.92 Å². The van der Waals surface area contributed by atoms with Crippen LogP contribution in [0.15, 0.2) is 18.2 Å². The number of aromatic nitrogens is 2. The predicted molar refractivity (Wildman–Crippen MR) is 68.9 cm³/mol. The number of fused-ring (bicyclic) bond motifs is 1. The highest BCUT2D eigenvalue weighted by atomic mass is 35.5. The molecule has 2 nitrogen and oxygen atoms in total. The summed E-state index contributed by atoms with van der Waals surface area (Å²) in [4.78, 5) is 0. The number of halogens is 1. The summed E-state index contributed by atoms with van der Waals surface area (Å²) >= 11 is 5.96. The maximum absolute atomic E-state index is 5.96. The van der Waals surface area contributed by atoms with E-state index < -0.39 is 0 Å². The third-order valence-electron chi connectivity index (χ3n) is 3.15. The van der Waals surface area contributed by atoms with E-state index in [0.717, 1.165) is 17.1 Å². The second-order valence-electron chi connectivity index (χ2n) is 4.44. The van der Waals surface area contributed by atoms with Gasteiger partial charge in [0, 0.05) is 22.6 Å². The van der Waals surface area contributed by atoms with Gasteiger partial charge >= 0.3 is 0 Å². The van der Waals surface area contributed by atoms with Crippen LogP contribution in [0, 0.1) is 12.8 Å². The first-order valence-corrected chi connectivity index (χ1v) is 6.12. The van der Waals surface area contributed by atoms with Crippen LogP contribution in [0.4, 0.5) is 0 Å². The van der Waals surface area contributed by atoms with Crippen LogP contribution < -0.4 is 0 Å². The van der Waals surface area contributed by atoms with E-state index in [1.54, 1.807) is 0 Å². The molecule has 1 aromatic heterocycles. The van der Waals surface area contributed by atoms with Crippen molar-refractivity contribution in [3.8, 4) is 0 Å². The summed E-state index contributed by atoms with van der Waals surface area (Å²) in [7, 11) is 0. The molecule has 0 fully saturated rings. The second kappa shape index (κ2) is 4.46. The molecule has 0 N–H and O–H groups in total. The lowest BCUT2D eigenvalue weighted by Crippen LogP contribution is -2.09. The predicted octanol–water partition coefficient (Wildman–Crippen LogP) is 4.04. The van der Waals surface area contributed by atoms with Crippen LogP contribution >= 0.6 is 11.6 Å². The quantitative estimate of drug-likeness (QED) is 0.786. The molecule has 0 saturated heterocycles. The summed E-state index contributed by atoms with van der Waals surface area (Å²) in [6.45, 7) is 7.55. The van der Waals surface area contributed by atoms with E-state index in [9.17, 15) is 0 Å². The minimum Gasteiger partial charge on any atom is -0.268 e. The minimum absolute atomic E-state index is 0.656. The van der Waals surface area contributed by atoms with Crippen molar-refractivity contribution in [2.45, 2.75) is 33.7 Å². The van der Waals surface area contributed by atoms with E-state index in [2.05, 4.69) is 30.6 Å². The van der Waals surface area contributed by atoms with Gasteiger partial charge in [0.05, 0.1) is 5.52 Å². The largest absolute Gasteiger partial charge is 0.268 e. The zero-order chi connectivity index (χ0) is 11.7. The van der Waals surface area contributed by atoms with Crippen LogP contribution in [-0.2, 0) is 6.54 Å². The highest BCUT2D eigenvalue weighted by Crippen LogP contribution is 2.22. The van der Waals surface area contributed by atoms with Crippen LogP contribution in [0.2, 0.25) is 5.02 Å². The van der Waals surface area contributed by atoms with Gasteiger partial charge in [0.2, 0.25) is 0 Å². The van der Waals surface area contributed by atoms with Crippen molar-refractivity contribution in [1.82, 2.24) is 9.78 Å². The number of hydrogen-bond donors (Lipinski definition) is 0. The Kier molecular flexibility index (Phi) is 3.20. The first kappa shape index (κ1) is 11.5. The smallest absolute Gasteiger partial charge is 0.0940 e. The Balaban J connectivity index is 2.43. The molecule has 0 aliphatic heterocycles. The Labute approximate surface area is 101 Å². The summed E-state index contributed by atoms with van der Waals surface area (Å²) < 4.78 is 2.09. The fourth-order valence-corrected chi connectivity index (χ4v) is 2.01. The van der Waals surface area contributed by atoms with E-state index in [-0.39, 0.29) is 0 Å². The lowest BCUT2D eigenvalue weighted by Gasteiger charge is -2.09. The standard InChI is InChI=1S/C13H17ClN2/c1-4-9(2)8-16-10(3)12-6-5-11(14)7-13(12)15-16/h5-7,9H,4,8H2,1-3H3. The number of hydrogen-bond acceptors (Lipinski definition) is 1. The zero-order valence-electron chi connectivity index (χ0n) is 10.00. The Hall–Kier alpha value is -1.02. The molecule has 16 heavy (non-hydrogen) atoms. The van der Waals surface area contributed by atoms with Crippen molar-refractivity contribution in [3.05, 3.63) is 28.9 Å². The maximum Gasteiger partial charge on any atom is 0.0940 e. The molecular formula is C13H17ClN2. The molecule has 0 radical (unpaired) electrons. The normalized spacial score (nSPS) is 13.2. The highest BCUT2D eigenvalue weighted by molar-refractivity contribution is 6.31. The van der Waals surface area contributed by atoms with Gasteiger partial charge in [0.1, 0.15) is 0 Å². The lowest BCUT2D eigenvalue weighted by atomic mass is 10.1. The van der Waals surface area contributed by atoms with E-state index in [4.69, 9.17) is 11.6 Å². The van der Waals surface area contributed by atoms with Crippen molar-refractivity contribution < 1.29 is 0 Å². The van der Waals surface area contributed by atoms with Crippen molar-refractivity contribution >= 4 is 22.5 Å². The minimum atomic E-state index is 0.656. The Bertz CT molecular complexity index is 502. The average molecular weight is 237 g/mol. The van der Waals surface area contributed by atoms with Crippen LogP contribution in [0.25, 0.3) is 10.9 Å². The molecule has 0 amide bonds. The molecule has 0 bridgehead atoms. The number of nitrogens with zero attached hydrogens (tertiary/aromatic N) is 2. The van der Waals surface area contributed by atoms with E-state index >= 15 is 0 Å². The summed E-state index contributed by atoms with van der Waals surface area (Å²) in [6.07, 6.45) is 1.18. The maximum atomic E-state index is 5.96. The van der Waals surface area contributed by atoms with Gasteiger partial charge in [-0.2, -0.15) is 5.10 Å². The van der Waals surface area contributed by atoms with Gasteiger partial charge in [-0.25, -0.2) is 0 Å². The first-order valence-electron chi connectivity index (χ1n) is 5.74. The molecule has 1 atom stereocenters. The lowest BCUT2D eigenvalue weighted by molar-refractivity contribution is 0.435. The summed E-state index contributed by atoms with van der Waals surface area (Å²) in [5.74, 6) is 0.656. The number of benzene rings is 1. The molecular weight excluding hydrogens is 220 g/mol. The third kappa shape index (κ3) is 2.07. The Morgan fingerprint density at radius 2 is 2.19 bits per heavy atom. The van der Waals surface area contributed by atoms with Gasteiger partial charge in [-0.15, -0.1) is 0 Å². The molecule has 0 aliphatic rings. The SMILES string of the molecule is CCC(C)Cn1nc2cc(Cl)ccc2c1C. The summed E-state index contributed by atoms with van der Waals surface area (Å²) in [5.41, 5.74) is 2.22.